The maximum absolute atomic E-state index is 12.0. The maximum atomic E-state index is 12.0. The van der Waals surface area contributed by atoms with Crippen molar-refractivity contribution in [3.8, 4) is 11.1 Å². The standard InChI is InChI=1S/C27H32Cl2N6O.C8H16N2O/c1-5-21(36)33-14-27(15-33)11-17(12-27)35-16(2)22(25(32-35)34-9-7-6-8-26(34,3)4)23-18-13-30-31-20(18)10-19(28)24(23)29;1-9-5-7-8(6-9)11-4-3-10(7)2/h5,10,13,17H,1,6-9,11-12,14-15H2,2-4H3,(H,30,31);7-8H,3-6H2,1-2H3. The number of anilines is 1. The molecule has 4 aliphatic heterocycles. The number of likely N-dealkylation sites (tertiary alicyclic amines) is 2. The van der Waals surface area contributed by atoms with E-state index in [0.29, 0.717) is 28.2 Å². The summed E-state index contributed by atoms with van der Waals surface area (Å²) in [7, 11) is 4.36. The molecule has 1 aromatic carbocycles. The number of aromatic nitrogens is 4. The Balaban J connectivity index is 0.000000269. The molecule has 2 unspecified atom stereocenters. The van der Waals surface area contributed by atoms with Crippen LogP contribution >= 0.6 is 23.2 Å². The third-order valence-electron chi connectivity index (χ3n) is 11.4. The van der Waals surface area contributed by atoms with Crippen LogP contribution in [0.5, 0.6) is 0 Å². The summed E-state index contributed by atoms with van der Waals surface area (Å²) >= 11 is 13.5. The smallest absolute Gasteiger partial charge is 0.245 e. The van der Waals surface area contributed by atoms with E-state index in [4.69, 9.17) is 33.0 Å². The van der Waals surface area contributed by atoms with Crippen LogP contribution in [0, 0.1) is 12.3 Å². The molecule has 3 aromatic rings. The van der Waals surface area contributed by atoms with Crippen molar-refractivity contribution in [1.29, 1.82) is 0 Å². The number of carbonyl (C=O) groups excluding carboxylic acids is 1. The van der Waals surface area contributed by atoms with Crippen LogP contribution in [0.4, 0.5) is 5.82 Å². The number of rotatable bonds is 4. The number of benzene rings is 1. The monoisotopic (exact) mass is 682 g/mol. The second-order valence-corrected chi connectivity index (χ2v) is 16.0. The molecule has 10 nitrogen and oxygen atoms in total. The lowest BCUT2D eigenvalue weighted by atomic mass is 9.60. The highest BCUT2D eigenvalue weighted by molar-refractivity contribution is 6.45. The fourth-order valence-electron chi connectivity index (χ4n) is 8.74. The van der Waals surface area contributed by atoms with E-state index in [0.717, 1.165) is 98.6 Å². The Morgan fingerprint density at radius 1 is 1.13 bits per heavy atom. The molecule has 12 heteroatoms. The fraction of sp³-hybridized carbons (Fsp3) is 0.629. The van der Waals surface area contributed by atoms with E-state index >= 15 is 0 Å². The van der Waals surface area contributed by atoms with Gasteiger partial charge < -0.3 is 19.4 Å². The van der Waals surface area contributed by atoms with Crippen LogP contribution in [0.1, 0.15) is 57.7 Å². The summed E-state index contributed by atoms with van der Waals surface area (Å²) in [6.45, 7) is 17.2. The molecule has 1 amide bonds. The molecule has 254 valence electrons. The van der Waals surface area contributed by atoms with E-state index in [9.17, 15) is 4.79 Å². The van der Waals surface area contributed by atoms with Gasteiger partial charge in [-0.1, -0.05) is 29.8 Å². The molecule has 6 heterocycles. The molecule has 1 N–H and O–H groups in total. The summed E-state index contributed by atoms with van der Waals surface area (Å²) in [5.74, 6) is 0.998. The van der Waals surface area contributed by atoms with Gasteiger partial charge in [-0.3, -0.25) is 19.5 Å². The number of likely N-dealkylation sites (N-methyl/N-ethyl adjacent to an activating group) is 2. The third kappa shape index (κ3) is 5.78. The molecule has 2 aromatic heterocycles. The highest BCUT2D eigenvalue weighted by atomic mass is 35.5. The maximum Gasteiger partial charge on any atom is 0.245 e. The number of carbonyl (C=O) groups is 1. The zero-order valence-electron chi connectivity index (χ0n) is 28.4. The van der Waals surface area contributed by atoms with Gasteiger partial charge in [0.25, 0.3) is 0 Å². The lowest BCUT2D eigenvalue weighted by molar-refractivity contribution is -0.149. The molecule has 0 bridgehead atoms. The van der Waals surface area contributed by atoms with Gasteiger partial charge >= 0.3 is 0 Å². The minimum absolute atomic E-state index is 0.0143. The molecule has 1 spiro atoms. The number of piperidine rings is 1. The topological polar surface area (TPSA) is 85.8 Å². The second kappa shape index (κ2) is 12.4. The average molecular weight is 684 g/mol. The molecular weight excluding hydrogens is 635 g/mol. The first-order valence-electron chi connectivity index (χ1n) is 17.0. The normalized spacial score (nSPS) is 25.7. The van der Waals surface area contributed by atoms with Crippen molar-refractivity contribution in [2.45, 2.75) is 76.6 Å². The zero-order valence-corrected chi connectivity index (χ0v) is 29.9. The summed E-state index contributed by atoms with van der Waals surface area (Å²) in [5.41, 5.74) is 4.09. The van der Waals surface area contributed by atoms with Crippen molar-refractivity contribution >= 4 is 45.8 Å². The largest absolute Gasteiger partial charge is 0.374 e. The van der Waals surface area contributed by atoms with E-state index < -0.39 is 0 Å². The van der Waals surface area contributed by atoms with Gasteiger partial charge in [0, 0.05) is 78.5 Å². The number of nitrogens with zero attached hydrogens (tertiary/aromatic N) is 7. The molecule has 5 aliphatic rings. The Labute approximate surface area is 288 Å². The van der Waals surface area contributed by atoms with Gasteiger partial charge in [-0.05, 0) is 79.1 Å². The van der Waals surface area contributed by atoms with Crippen LogP contribution in [0.15, 0.2) is 24.9 Å². The van der Waals surface area contributed by atoms with Gasteiger partial charge in [-0.15, -0.1) is 0 Å². The summed E-state index contributed by atoms with van der Waals surface area (Å²) in [4.78, 5) is 21.1. The molecule has 5 fully saturated rings. The van der Waals surface area contributed by atoms with Crippen LogP contribution in [0.25, 0.3) is 22.0 Å². The van der Waals surface area contributed by atoms with Crippen molar-refractivity contribution in [3.63, 3.8) is 0 Å². The molecule has 0 radical (unpaired) electrons. The predicted octanol–water partition coefficient (Wildman–Crippen LogP) is 5.79. The lowest BCUT2D eigenvalue weighted by Crippen LogP contribution is -2.63. The number of morpholine rings is 1. The van der Waals surface area contributed by atoms with E-state index in [-0.39, 0.29) is 16.9 Å². The second-order valence-electron chi connectivity index (χ2n) is 15.2. The highest BCUT2D eigenvalue weighted by Crippen LogP contribution is 2.56. The number of hydrogen-bond donors (Lipinski definition) is 1. The first-order valence-corrected chi connectivity index (χ1v) is 17.8. The Morgan fingerprint density at radius 3 is 2.60 bits per heavy atom. The van der Waals surface area contributed by atoms with Gasteiger partial charge in [-0.2, -0.15) is 10.2 Å². The van der Waals surface area contributed by atoms with Crippen LogP contribution < -0.4 is 4.90 Å². The average Bonchev–Trinajstić information content (AvgIpc) is 3.70. The van der Waals surface area contributed by atoms with Crippen LogP contribution in [-0.4, -0.2) is 118 Å². The van der Waals surface area contributed by atoms with E-state index in [1.165, 1.54) is 19.0 Å². The summed E-state index contributed by atoms with van der Waals surface area (Å²) in [6.07, 6.45) is 9.21. The van der Waals surface area contributed by atoms with Crippen LogP contribution in [0.3, 0.4) is 0 Å². The number of fused-ring (bicyclic) bond motifs is 2. The molecular formula is C35H48Cl2N8O2. The van der Waals surface area contributed by atoms with Gasteiger partial charge in [0.05, 0.1) is 40.5 Å². The van der Waals surface area contributed by atoms with Crippen LogP contribution in [-0.2, 0) is 9.53 Å². The molecule has 2 atom stereocenters. The highest BCUT2D eigenvalue weighted by Gasteiger charge is 2.54. The van der Waals surface area contributed by atoms with E-state index in [1.54, 1.807) is 0 Å². The van der Waals surface area contributed by atoms with Crippen molar-refractivity contribution in [2.24, 2.45) is 5.41 Å². The Morgan fingerprint density at radius 2 is 1.89 bits per heavy atom. The first-order chi connectivity index (χ1) is 22.4. The number of amides is 1. The summed E-state index contributed by atoms with van der Waals surface area (Å²) in [5, 5.41) is 14.6. The van der Waals surface area contributed by atoms with Gasteiger partial charge in [-0.25, -0.2) is 0 Å². The Bertz CT molecular complexity index is 1670. The minimum Gasteiger partial charge on any atom is -0.374 e. The van der Waals surface area contributed by atoms with Crippen molar-refractivity contribution < 1.29 is 9.53 Å². The quantitative estimate of drug-likeness (QED) is 0.349. The fourth-order valence-corrected chi connectivity index (χ4v) is 9.19. The van der Waals surface area contributed by atoms with Crippen molar-refractivity contribution in [2.75, 3.05) is 64.9 Å². The number of nitrogens with one attached hydrogen (secondary N) is 1. The van der Waals surface area contributed by atoms with Gasteiger partial charge in [0.15, 0.2) is 5.82 Å². The SMILES string of the molecule is C=CC(=O)N1CC2(CC(n3nc(N4CCCCC4(C)C)c(-c4c(Cl)c(Cl)cc5[nH]ncc45)c3C)C2)C1.CN1CC2OCCN(C)C2C1. The first kappa shape index (κ1) is 32.9. The molecule has 1 saturated carbocycles. The van der Waals surface area contributed by atoms with Crippen molar-refractivity contribution in [1.82, 2.24) is 34.7 Å². The zero-order chi connectivity index (χ0) is 33.2. The molecule has 47 heavy (non-hydrogen) atoms. The molecule has 4 saturated heterocycles. The number of halogens is 2. The predicted molar refractivity (Wildman–Crippen MR) is 188 cm³/mol. The number of H-pyrrole nitrogens is 1. The third-order valence-corrected chi connectivity index (χ3v) is 12.2. The number of aromatic amines is 1. The Kier molecular flexibility index (Phi) is 8.65. The molecule has 1 aliphatic carbocycles. The number of hydrogen-bond acceptors (Lipinski definition) is 7. The number of ether oxygens (including phenoxy) is 1. The molecule has 8 rings (SSSR count). The van der Waals surface area contributed by atoms with Gasteiger partial charge in [0.2, 0.25) is 5.91 Å². The van der Waals surface area contributed by atoms with Gasteiger partial charge in [0.1, 0.15) is 0 Å². The van der Waals surface area contributed by atoms with E-state index in [1.807, 2.05) is 17.2 Å². The van der Waals surface area contributed by atoms with Crippen LogP contribution in [0.2, 0.25) is 10.0 Å². The summed E-state index contributed by atoms with van der Waals surface area (Å²) < 4.78 is 7.87. The minimum atomic E-state index is -0.0143. The van der Waals surface area contributed by atoms with Crippen molar-refractivity contribution in [3.05, 3.63) is 40.7 Å². The van der Waals surface area contributed by atoms with E-state index in [2.05, 4.69) is 71.0 Å². The lowest BCUT2D eigenvalue weighted by Gasteiger charge is -2.58. The Hall–Kier alpha value is -2.63. The summed E-state index contributed by atoms with van der Waals surface area (Å²) in [6, 6.07) is 2.78.